The molecule has 1 aliphatic rings. The van der Waals surface area contributed by atoms with Crippen molar-refractivity contribution in [2.75, 3.05) is 13.6 Å². The van der Waals surface area contributed by atoms with Gasteiger partial charge in [-0.2, -0.15) is 0 Å². The van der Waals surface area contributed by atoms with Gasteiger partial charge in [-0.15, -0.1) is 0 Å². The Balaban J connectivity index is 2.13. The Hall–Kier alpha value is -0.820. The Morgan fingerprint density at radius 3 is 2.60 bits per heavy atom. The van der Waals surface area contributed by atoms with E-state index in [4.69, 9.17) is 0 Å². The lowest BCUT2D eigenvalue weighted by molar-refractivity contribution is 0.477. The van der Waals surface area contributed by atoms with Gasteiger partial charge in [-0.3, -0.25) is 0 Å². The van der Waals surface area contributed by atoms with E-state index in [0.29, 0.717) is 5.41 Å². The SMILES string of the molecule is CNCC1(Cc2cc(C)ccc2C)CC1. The van der Waals surface area contributed by atoms with Gasteiger partial charge in [0.2, 0.25) is 0 Å². The van der Waals surface area contributed by atoms with Crippen molar-refractivity contribution >= 4 is 0 Å². The third-order valence-corrected chi connectivity index (χ3v) is 3.58. The molecular formula is C14H21N. The van der Waals surface area contributed by atoms with Crippen molar-refractivity contribution in [2.45, 2.75) is 33.1 Å². The van der Waals surface area contributed by atoms with Crippen LogP contribution in [0.25, 0.3) is 0 Å². The maximum Gasteiger partial charge on any atom is 0.000800 e. The number of aryl methyl sites for hydroxylation is 2. The molecule has 1 fully saturated rings. The van der Waals surface area contributed by atoms with E-state index in [1.165, 1.54) is 36.9 Å². The number of rotatable bonds is 4. The summed E-state index contributed by atoms with van der Waals surface area (Å²) in [6.07, 6.45) is 4.03. The standard InChI is InChI=1S/C14H21N/c1-11-4-5-12(2)13(8-11)9-14(6-7-14)10-15-3/h4-5,8,15H,6-7,9-10H2,1-3H3. The second-order valence-electron chi connectivity index (χ2n) is 5.14. The fourth-order valence-corrected chi connectivity index (χ4v) is 2.36. The van der Waals surface area contributed by atoms with Crippen molar-refractivity contribution in [3.63, 3.8) is 0 Å². The van der Waals surface area contributed by atoms with Gasteiger partial charge in [-0.1, -0.05) is 23.8 Å². The zero-order chi connectivity index (χ0) is 10.9. The molecule has 1 saturated carbocycles. The maximum absolute atomic E-state index is 3.32. The Labute approximate surface area is 92.9 Å². The number of benzene rings is 1. The van der Waals surface area contributed by atoms with Crippen LogP contribution in [0, 0.1) is 19.3 Å². The molecule has 0 bridgehead atoms. The lowest BCUT2D eigenvalue weighted by Gasteiger charge is -2.16. The van der Waals surface area contributed by atoms with E-state index in [1.807, 2.05) is 0 Å². The summed E-state index contributed by atoms with van der Waals surface area (Å²) in [7, 11) is 2.06. The molecule has 0 saturated heterocycles. The van der Waals surface area contributed by atoms with Crippen LogP contribution in [-0.2, 0) is 6.42 Å². The number of hydrogen-bond donors (Lipinski definition) is 1. The molecule has 1 N–H and O–H groups in total. The van der Waals surface area contributed by atoms with Gasteiger partial charge in [-0.05, 0) is 56.7 Å². The van der Waals surface area contributed by atoms with Crippen LogP contribution in [0.2, 0.25) is 0 Å². The number of nitrogens with one attached hydrogen (secondary N) is 1. The molecule has 0 unspecified atom stereocenters. The highest BCUT2D eigenvalue weighted by molar-refractivity contribution is 5.32. The van der Waals surface area contributed by atoms with E-state index >= 15 is 0 Å². The zero-order valence-electron chi connectivity index (χ0n) is 10.1. The van der Waals surface area contributed by atoms with Gasteiger partial charge in [0.05, 0.1) is 0 Å². The summed E-state index contributed by atoms with van der Waals surface area (Å²) in [6.45, 7) is 5.57. The van der Waals surface area contributed by atoms with Gasteiger partial charge in [-0.25, -0.2) is 0 Å². The Kier molecular flexibility index (Phi) is 2.83. The third kappa shape index (κ3) is 2.40. The van der Waals surface area contributed by atoms with Gasteiger partial charge in [0.25, 0.3) is 0 Å². The largest absolute Gasteiger partial charge is 0.319 e. The average Bonchev–Trinajstić information content (AvgIpc) is 2.92. The van der Waals surface area contributed by atoms with E-state index in [9.17, 15) is 0 Å². The van der Waals surface area contributed by atoms with E-state index in [2.05, 4.69) is 44.4 Å². The topological polar surface area (TPSA) is 12.0 Å². The minimum atomic E-state index is 0.577. The van der Waals surface area contributed by atoms with Gasteiger partial charge in [0.15, 0.2) is 0 Å². The first-order valence-electron chi connectivity index (χ1n) is 5.86. The maximum atomic E-state index is 3.32. The van der Waals surface area contributed by atoms with Crippen LogP contribution in [0.3, 0.4) is 0 Å². The molecule has 1 aromatic carbocycles. The monoisotopic (exact) mass is 203 g/mol. The molecule has 82 valence electrons. The van der Waals surface area contributed by atoms with Gasteiger partial charge in [0, 0.05) is 6.54 Å². The van der Waals surface area contributed by atoms with Gasteiger partial charge < -0.3 is 5.32 Å². The van der Waals surface area contributed by atoms with Crippen molar-refractivity contribution in [3.05, 3.63) is 34.9 Å². The summed E-state index contributed by atoms with van der Waals surface area (Å²) in [5.41, 5.74) is 4.95. The van der Waals surface area contributed by atoms with Crippen molar-refractivity contribution in [3.8, 4) is 0 Å². The highest BCUT2D eigenvalue weighted by Crippen LogP contribution is 2.48. The fraction of sp³-hybridized carbons (Fsp3) is 0.571. The Bertz CT molecular complexity index is 350. The Morgan fingerprint density at radius 1 is 1.27 bits per heavy atom. The predicted molar refractivity (Wildman–Crippen MR) is 65.2 cm³/mol. The summed E-state index contributed by atoms with van der Waals surface area (Å²) in [6, 6.07) is 6.81. The second-order valence-corrected chi connectivity index (χ2v) is 5.14. The highest BCUT2D eigenvalue weighted by Gasteiger charge is 2.41. The molecule has 1 nitrogen and oxygen atoms in total. The minimum absolute atomic E-state index is 0.577. The smallest absolute Gasteiger partial charge is 0.000800 e. The number of hydrogen-bond acceptors (Lipinski definition) is 1. The molecule has 15 heavy (non-hydrogen) atoms. The Morgan fingerprint density at radius 2 is 2.00 bits per heavy atom. The van der Waals surface area contributed by atoms with Gasteiger partial charge in [0.1, 0.15) is 0 Å². The lowest BCUT2D eigenvalue weighted by Crippen LogP contribution is -2.22. The summed E-state index contributed by atoms with van der Waals surface area (Å²) >= 11 is 0. The molecule has 0 spiro atoms. The van der Waals surface area contributed by atoms with Crippen molar-refractivity contribution in [2.24, 2.45) is 5.41 Å². The highest BCUT2D eigenvalue weighted by atomic mass is 14.8. The summed E-state index contributed by atoms with van der Waals surface area (Å²) < 4.78 is 0. The van der Waals surface area contributed by atoms with E-state index < -0.39 is 0 Å². The minimum Gasteiger partial charge on any atom is -0.319 e. The summed E-state index contributed by atoms with van der Waals surface area (Å²) in [5.74, 6) is 0. The molecule has 0 amide bonds. The first-order valence-corrected chi connectivity index (χ1v) is 5.86. The van der Waals surface area contributed by atoms with Crippen LogP contribution >= 0.6 is 0 Å². The quantitative estimate of drug-likeness (QED) is 0.793. The first-order chi connectivity index (χ1) is 7.15. The molecule has 0 heterocycles. The summed E-state index contributed by atoms with van der Waals surface area (Å²) in [5, 5.41) is 3.32. The molecule has 0 aromatic heterocycles. The fourth-order valence-electron chi connectivity index (χ4n) is 2.36. The van der Waals surface area contributed by atoms with E-state index in [1.54, 1.807) is 5.56 Å². The van der Waals surface area contributed by atoms with E-state index in [-0.39, 0.29) is 0 Å². The van der Waals surface area contributed by atoms with Gasteiger partial charge >= 0.3 is 0 Å². The van der Waals surface area contributed by atoms with Crippen molar-refractivity contribution in [1.29, 1.82) is 0 Å². The van der Waals surface area contributed by atoms with E-state index in [0.717, 1.165) is 0 Å². The average molecular weight is 203 g/mol. The molecule has 1 heteroatoms. The normalized spacial score (nSPS) is 17.8. The van der Waals surface area contributed by atoms with Crippen molar-refractivity contribution < 1.29 is 0 Å². The molecule has 2 rings (SSSR count). The summed E-state index contributed by atoms with van der Waals surface area (Å²) in [4.78, 5) is 0. The second kappa shape index (κ2) is 3.97. The van der Waals surface area contributed by atoms with Crippen LogP contribution in [0.1, 0.15) is 29.5 Å². The van der Waals surface area contributed by atoms with Crippen molar-refractivity contribution in [1.82, 2.24) is 5.32 Å². The van der Waals surface area contributed by atoms with Crippen LogP contribution in [0.5, 0.6) is 0 Å². The molecule has 0 aliphatic heterocycles. The molecule has 1 aliphatic carbocycles. The van der Waals surface area contributed by atoms with Crippen LogP contribution < -0.4 is 5.32 Å². The lowest BCUT2D eigenvalue weighted by atomic mass is 9.92. The van der Waals surface area contributed by atoms with Crippen LogP contribution in [0.15, 0.2) is 18.2 Å². The van der Waals surface area contributed by atoms with Crippen LogP contribution in [0.4, 0.5) is 0 Å². The molecule has 0 atom stereocenters. The molecule has 1 aromatic rings. The molecule has 0 radical (unpaired) electrons. The zero-order valence-corrected chi connectivity index (χ0v) is 10.1. The predicted octanol–water partition coefficient (Wildman–Crippen LogP) is 2.85. The van der Waals surface area contributed by atoms with Crippen LogP contribution in [-0.4, -0.2) is 13.6 Å². The first kappa shape index (κ1) is 10.7. The molecular weight excluding hydrogens is 182 g/mol. The third-order valence-electron chi connectivity index (χ3n) is 3.58.